The van der Waals surface area contributed by atoms with Crippen LogP contribution in [0.5, 0.6) is 0 Å². The van der Waals surface area contributed by atoms with Gasteiger partial charge in [0.1, 0.15) is 0 Å². The van der Waals surface area contributed by atoms with Crippen LogP contribution in [0.1, 0.15) is 0 Å². The minimum Gasteiger partial charge on any atom is -0.255 e. The predicted molar refractivity (Wildman–Crippen MR) is 58.7 cm³/mol. The van der Waals surface area contributed by atoms with Crippen LogP contribution in [0.3, 0.4) is 0 Å². The number of hydrogen-bond donors (Lipinski definition) is 0. The summed E-state index contributed by atoms with van der Waals surface area (Å²) >= 11 is 0. The summed E-state index contributed by atoms with van der Waals surface area (Å²) in [4.78, 5) is 8.37. The highest BCUT2D eigenvalue weighted by Crippen LogP contribution is 2.10. The van der Waals surface area contributed by atoms with Gasteiger partial charge < -0.3 is 0 Å². The highest BCUT2D eigenvalue weighted by atomic mass is 14.7. The van der Waals surface area contributed by atoms with E-state index in [9.17, 15) is 0 Å². The van der Waals surface area contributed by atoms with E-state index in [0.717, 1.165) is 11.4 Å². The van der Waals surface area contributed by atoms with Crippen LogP contribution in [-0.4, -0.2) is 9.97 Å². The quantitative estimate of drug-likeness (QED) is 0.637. The van der Waals surface area contributed by atoms with Gasteiger partial charge in [0.25, 0.3) is 0 Å². The van der Waals surface area contributed by atoms with Crippen molar-refractivity contribution in [2.75, 3.05) is 0 Å². The number of aromatic nitrogens is 2. The summed E-state index contributed by atoms with van der Waals surface area (Å²) in [7, 11) is 0. The van der Waals surface area contributed by atoms with E-state index in [-0.39, 0.29) is 0 Å². The summed E-state index contributed by atoms with van der Waals surface area (Å²) in [6, 6.07) is 11.6. The van der Waals surface area contributed by atoms with E-state index in [1.807, 2.05) is 36.4 Å². The predicted octanol–water partition coefficient (Wildman–Crippen LogP) is 2.95. The molecule has 0 spiro atoms. The molecule has 0 bridgehead atoms. The van der Waals surface area contributed by atoms with Gasteiger partial charge in [0.05, 0.1) is 11.4 Å². The molecule has 0 radical (unpaired) electrons. The summed E-state index contributed by atoms with van der Waals surface area (Å²) in [5.74, 6) is 0. The third-order valence-corrected chi connectivity index (χ3v) is 1.59. The minimum absolute atomic E-state index is 0.915. The van der Waals surface area contributed by atoms with Gasteiger partial charge in [-0.25, -0.2) is 0 Å². The zero-order chi connectivity index (χ0) is 10.2. The Kier molecular flexibility index (Phi) is 4.08. The molecular formula is C12H12N2. The first-order chi connectivity index (χ1) is 6.97. The van der Waals surface area contributed by atoms with Crippen LogP contribution < -0.4 is 0 Å². The average Bonchev–Trinajstić information content (AvgIpc) is 2.34. The van der Waals surface area contributed by atoms with Gasteiger partial charge in [0.2, 0.25) is 0 Å². The first kappa shape index (κ1) is 10.1. The van der Waals surface area contributed by atoms with Crippen molar-refractivity contribution in [1.82, 2.24) is 9.97 Å². The van der Waals surface area contributed by atoms with E-state index in [0.29, 0.717) is 0 Å². The second-order valence-electron chi connectivity index (χ2n) is 2.43. The summed E-state index contributed by atoms with van der Waals surface area (Å²) in [5.41, 5.74) is 1.83. The summed E-state index contributed by atoms with van der Waals surface area (Å²) < 4.78 is 0. The molecule has 0 fully saturated rings. The molecule has 2 heterocycles. The SMILES string of the molecule is C=C.c1ccc(-c2ccccn2)nc1. The fourth-order valence-corrected chi connectivity index (χ4v) is 1.03. The Hall–Kier alpha value is -1.96. The summed E-state index contributed by atoms with van der Waals surface area (Å²) in [6.07, 6.45) is 3.54. The molecule has 0 saturated carbocycles. The van der Waals surface area contributed by atoms with Gasteiger partial charge >= 0.3 is 0 Å². The highest BCUT2D eigenvalue weighted by molar-refractivity contribution is 5.52. The molecule has 14 heavy (non-hydrogen) atoms. The normalized spacial score (nSPS) is 8.57. The van der Waals surface area contributed by atoms with Gasteiger partial charge in [-0.2, -0.15) is 0 Å². The summed E-state index contributed by atoms with van der Waals surface area (Å²) in [6.45, 7) is 6.00. The fourth-order valence-electron chi connectivity index (χ4n) is 1.03. The van der Waals surface area contributed by atoms with Crippen molar-refractivity contribution in [2.24, 2.45) is 0 Å². The Balaban J connectivity index is 0.000000461. The van der Waals surface area contributed by atoms with Crippen LogP contribution in [0.2, 0.25) is 0 Å². The van der Waals surface area contributed by atoms with Gasteiger partial charge in [0.15, 0.2) is 0 Å². The van der Waals surface area contributed by atoms with Crippen LogP contribution >= 0.6 is 0 Å². The molecule has 0 N–H and O–H groups in total. The molecule has 2 aromatic rings. The Morgan fingerprint density at radius 3 is 1.43 bits per heavy atom. The third-order valence-electron chi connectivity index (χ3n) is 1.59. The lowest BCUT2D eigenvalue weighted by Crippen LogP contribution is -1.83. The van der Waals surface area contributed by atoms with Crippen molar-refractivity contribution in [1.29, 1.82) is 0 Å². The van der Waals surface area contributed by atoms with Crippen LogP contribution in [0.4, 0.5) is 0 Å². The molecular weight excluding hydrogens is 172 g/mol. The molecule has 2 aromatic heterocycles. The van der Waals surface area contributed by atoms with Gasteiger partial charge in [-0.05, 0) is 24.3 Å². The Morgan fingerprint density at radius 2 is 1.14 bits per heavy atom. The van der Waals surface area contributed by atoms with Crippen LogP contribution in [0.25, 0.3) is 11.4 Å². The smallest absolute Gasteiger partial charge is 0.0886 e. The van der Waals surface area contributed by atoms with Gasteiger partial charge in [-0.15, -0.1) is 13.2 Å². The molecule has 0 aliphatic rings. The van der Waals surface area contributed by atoms with Crippen molar-refractivity contribution in [3.8, 4) is 11.4 Å². The molecule has 2 nitrogen and oxygen atoms in total. The van der Waals surface area contributed by atoms with Gasteiger partial charge in [-0.3, -0.25) is 9.97 Å². The molecule has 0 aromatic carbocycles. The number of nitrogens with zero attached hydrogens (tertiary/aromatic N) is 2. The molecule has 0 aliphatic carbocycles. The van der Waals surface area contributed by atoms with Gasteiger partial charge in [0, 0.05) is 12.4 Å². The van der Waals surface area contributed by atoms with Crippen molar-refractivity contribution in [3.05, 3.63) is 61.9 Å². The monoisotopic (exact) mass is 184 g/mol. The van der Waals surface area contributed by atoms with E-state index < -0.39 is 0 Å². The number of pyridine rings is 2. The van der Waals surface area contributed by atoms with E-state index in [1.165, 1.54) is 0 Å². The fraction of sp³-hybridized carbons (Fsp3) is 0. The standard InChI is InChI=1S/C10H8N2.C2H4/c1-3-7-11-9(5-1)10-6-2-4-8-12-10;1-2/h1-8H;1-2H2. The van der Waals surface area contributed by atoms with Crippen molar-refractivity contribution < 1.29 is 0 Å². The van der Waals surface area contributed by atoms with E-state index in [2.05, 4.69) is 23.1 Å². The Bertz CT molecular complexity index is 319. The zero-order valence-corrected chi connectivity index (χ0v) is 7.93. The molecule has 0 saturated heterocycles. The first-order valence-corrected chi connectivity index (χ1v) is 4.29. The maximum absolute atomic E-state index is 4.19. The lowest BCUT2D eigenvalue weighted by molar-refractivity contribution is 1.25. The maximum Gasteiger partial charge on any atom is 0.0886 e. The first-order valence-electron chi connectivity index (χ1n) is 4.29. The maximum atomic E-state index is 4.19. The minimum atomic E-state index is 0.915. The molecule has 0 amide bonds. The molecule has 2 rings (SSSR count). The Morgan fingerprint density at radius 1 is 0.714 bits per heavy atom. The third kappa shape index (κ3) is 2.52. The second kappa shape index (κ2) is 5.65. The second-order valence-corrected chi connectivity index (χ2v) is 2.43. The largest absolute Gasteiger partial charge is 0.255 e. The Labute approximate surface area is 84.0 Å². The number of rotatable bonds is 1. The van der Waals surface area contributed by atoms with Crippen molar-refractivity contribution in [2.45, 2.75) is 0 Å². The molecule has 0 unspecified atom stereocenters. The average molecular weight is 184 g/mol. The van der Waals surface area contributed by atoms with Crippen molar-refractivity contribution >= 4 is 0 Å². The zero-order valence-electron chi connectivity index (χ0n) is 7.93. The number of hydrogen-bond acceptors (Lipinski definition) is 2. The van der Waals surface area contributed by atoms with Crippen molar-refractivity contribution in [3.63, 3.8) is 0 Å². The van der Waals surface area contributed by atoms with E-state index in [4.69, 9.17) is 0 Å². The molecule has 0 atom stereocenters. The van der Waals surface area contributed by atoms with Gasteiger partial charge in [-0.1, -0.05) is 12.1 Å². The van der Waals surface area contributed by atoms with E-state index >= 15 is 0 Å². The topological polar surface area (TPSA) is 25.8 Å². The highest BCUT2D eigenvalue weighted by Gasteiger charge is 1.95. The summed E-state index contributed by atoms with van der Waals surface area (Å²) in [5, 5.41) is 0. The van der Waals surface area contributed by atoms with Crippen LogP contribution in [0, 0.1) is 0 Å². The lowest BCUT2D eigenvalue weighted by atomic mass is 10.2. The lowest BCUT2D eigenvalue weighted by Gasteiger charge is -1.96. The molecule has 70 valence electrons. The molecule has 2 heteroatoms. The van der Waals surface area contributed by atoms with Crippen LogP contribution in [-0.2, 0) is 0 Å². The molecule has 0 aliphatic heterocycles. The van der Waals surface area contributed by atoms with E-state index in [1.54, 1.807) is 12.4 Å². The van der Waals surface area contributed by atoms with Crippen LogP contribution in [0.15, 0.2) is 61.9 Å².